The summed E-state index contributed by atoms with van der Waals surface area (Å²) in [6.45, 7) is 51.7. The van der Waals surface area contributed by atoms with Gasteiger partial charge < -0.3 is 38.3 Å². The van der Waals surface area contributed by atoms with Crippen LogP contribution < -0.4 is 61.2 Å². The number of alkyl halides is 1. The first-order valence-corrected chi connectivity index (χ1v) is 28.6. The zero-order chi connectivity index (χ0) is 55.1. The summed E-state index contributed by atoms with van der Waals surface area (Å²) < 4.78 is 112. The van der Waals surface area contributed by atoms with Crippen LogP contribution in [0.15, 0.2) is 0 Å². The zero-order valence-electron chi connectivity index (χ0n) is 48.0. The second kappa shape index (κ2) is 39.2. The fraction of sp³-hybridized carbons (Fsp3) is 1.00. The smallest absolute Gasteiger partial charge is 0.756 e. The van der Waals surface area contributed by atoms with Crippen molar-refractivity contribution in [1.29, 1.82) is 0 Å². The summed E-state index contributed by atoms with van der Waals surface area (Å²) in [6, 6.07) is -0.233. The van der Waals surface area contributed by atoms with Crippen molar-refractivity contribution in [1.82, 2.24) is 0 Å². The molecule has 0 rings (SSSR count). The minimum atomic E-state index is -4.19. The van der Waals surface area contributed by atoms with E-state index in [1.54, 1.807) is 166 Å². The standard InChI is InChI=1S/C9H20ClO4P.3C8H19O4P.C8H18O3P.4CH4.ClH.K.H2O/c1-8(2,3)13-15(11,12-7-10)14-9(4,5)6;3*1-7(2,3)11-13(9,10)12-8(4,5)6;1-7(2,3)10-12(9)11-8(4,5)6;;;;;;;/h7H2,1-6H3;3*1-6H3,(H,9,10);1-6H3;4*1H4;1H;;1H2/q;;;;+1;;;;;;+1;/p-2. The van der Waals surface area contributed by atoms with Crippen LogP contribution in [0.3, 0.4) is 0 Å². The third kappa shape index (κ3) is 94.3. The molecule has 0 heterocycles. The van der Waals surface area contributed by atoms with Crippen LogP contribution in [0.4, 0.5) is 0 Å². The van der Waals surface area contributed by atoms with Gasteiger partial charge in [0, 0.05) is 4.57 Å². The van der Waals surface area contributed by atoms with Crippen LogP contribution in [0, 0.1) is 0 Å². The predicted octanol–water partition coefficient (Wildman–Crippen LogP) is 13.2. The second-order valence-corrected chi connectivity index (χ2v) is 30.7. The number of halogens is 2. The molecule has 0 aromatic carbocycles. The fourth-order valence-electron chi connectivity index (χ4n) is 3.36. The van der Waals surface area contributed by atoms with Gasteiger partial charge in [-0.3, -0.25) is 31.7 Å². The Morgan fingerprint density at radius 2 is 0.562 bits per heavy atom. The molecule has 0 unspecified atom stereocenters. The van der Waals surface area contributed by atoms with Gasteiger partial charge in [0.25, 0.3) is 15.6 Å². The normalized spacial score (nSPS) is 13.0. The Bertz CT molecular complexity index is 1390. The minimum Gasteiger partial charge on any atom is -0.756 e. The van der Waals surface area contributed by atoms with Crippen LogP contribution in [0.5, 0.6) is 0 Å². The van der Waals surface area contributed by atoms with E-state index in [9.17, 15) is 37.5 Å². The van der Waals surface area contributed by atoms with Crippen molar-refractivity contribution in [2.24, 2.45) is 0 Å². The summed E-state index contributed by atoms with van der Waals surface area (Å²) >= 11 is 5.39. The quantitative estimate of drug-likeness (QED) is 0.108. The number of hydrogen-bond acceptors (Lipinski definition) is 18. The van der Waals surface area contributed by atoms with Crippen molar-refractivity contribution in [3.05, 3.63) is 0 Å². The largest absolute Gasteiger partial charge is 1.00 e. The molecule has 0 fully saturated rings. The average molecular weight is 1240 g/mol. The van der Waals surface area contributed by atoms with Crippen LogP contribution in [-0.4, -0.2) is 72.4 Å². The Labute approximate surface area is 502 Å². The Morgan fingerprint density at radius 3 is 0.685 bits per heavy atom. The molecular weight excluding hydrogens is 1130 g/mol. The van der Waals surface area contributed by atoms with Gasteiger partial charge in [0.1, 0.15) is 17.3 Å². The van der Waals surface area contributed by atoms with Crippen molar-refractivity contribution < 1.29 is 144 Å². The summed E-state index contributed by atoms with van der Waals surface area (Å²) in [5.74, 6) is 0. The van der Waals surface area contributed by atoms with E-state index in [1.165, 1.54) is 0 Å². The molecule has 0 aromatic heterocycles. The summed E-state index contributed by atoms with van der Waals surface area (Å²) in [5.41, 5.74) is -6.43. The van der Waals surface area contributed by atoms with Crippen molar-refractivity contribution in [2.75, 3.05) is 6.07 Å². The molecule has 0 bridgehead atoms. The molecule has 0 amide bonds. The Kier molecular flexibility index (Phi) is 55.8. The van der Waals surface area contributed by atoms with E-state index in [4.69, 9.17) is 61.4 Å². The second-order valence-electron chi connectivity index (χ2n) is 24.3. The summed E-state index contributed by atoms with van der Waals surface area (Å²) in [5, 5.41) is 0. The van der Waals surface area contributed by atoms with E-state index < -0.39 is 95.6 Å². The van der Waals surface area contributed by atoms with Gasteiger partial charge in [-0.05, 0) is 208 Å². The number of rotatable bonds is 12. The molecule has 0 atom stereocenters. The minimum absolute atomic E-state index is 0. The van der Waals surface area contributed by atoms with Gasteiger partial charge in [0.05, 0.1) is 44.8 Å². The SMILES string of the molecule is C.C.C.C.CC(C)(C)OP(=O)(O)OC(C)(C)C.CC(C)(C)OP(=O)(OCCl)OC(C)(C)C.CC(C)(C)OP(=O)([O-])OC(C)(C)C.CC(C)(C)OP(=O)([O-])OC(C)(C)C.CC(C)(C)O[P+](=O)OC(C)(C)C.Cl.O.[K+]. The van der Waals surface area contributed by atoms with E-state index in [2.05, 4.69) is 0 Å². The molecule has 452 valence electrons. The van der Waals surface area contributed by atoms with Crippen LogP contribution in [-0.2, 0) is 72.6 Å². The third-order valence-corrected chi connectivity index (χ3v) is 12.3. The van der Waals surface area contributed by atoms with Crippen LogP contribution in [0.1, 0.15) is 237 Å². The molecule has 0 saturated carbocycles. The monoisotopic (exact) mass is 1240 g/mol. The fourth-order valence-corrected chi connectivity index (χ4v) is 10.4. The van der Waals surface area contributed by atoms with Gasteiger partial charge >= 0.3 is 75.3 Å². The summed E-state index contributed by atoms with van der Waals surface area (Å²) in [4.78, 5) is 31.8. The molecule has 0 aliphatic carbocycles. The third-order valence-electron chi connectivity index (χ3n) is 4.00. The molecule has 20 nitrogen and oxygen atoms in total. The topological polar surface area (TPSA) is 285 Å². The van der Waals surface area contributed by atoms with Crippen LogP contribution in [0.25, 0.3) is 0 Å². The molecule has 0 aromatic rings. The Hall–Kier alpha value is 2.64. The molecule has 28 heteroatoms. The van der Waals surface area contributed by atoms with Crippen LogP contribution in [0.2, 0.25) is 0 Å². The molecule has 0 radical (unpaired) electrons. The van der Waals surface area contributed by atoms with Crippen molar-refractivity contribution in [3.63, 3.8) is 0 Å². The van der Waals surface area contributed by atoms with Crippen LogP contribution >= 0.6 is 63.6 Å². The van der Waals surface area contributed by atoms with Gasteiger partial charge in [0.15, 0.2) is 0 Å². The first-order valence-electron chi connectivity index (χ1n) is 21.1. The van der Waals surface area contributed by atoms with Gasteiger partial charge in [0.2, 0.25) is 0 Å². The van der Waals surface area contributed by atoms with E-state index in [-0.39, 0.29) is 105 Å². The molecule has 0 spiro atoms. The van der Waals surface area contributed by atoms with Gasteiger partial charge in [-0.2, -0.15) is 0 Å². The maximum Gasteiger partial charge on any atom is 1.00 e. The number of phosphoric acid groups is 4. The Balaban J connectivity index is -0.0000000623. The molecule has 0 aliphatic heterocycles. The first-order chi connectivity index (χ1) is 27.8. The maximum atomic E-state index is 12.1. The van der Waals surface area contributed by atoms with Gasteiger partial charge in [-0.25, -0.2) is 9.13 Å². The molecule has 73 heavy (non-hydrogen) atoms. The first kappa shape index (κ1) is 104. The number of hydrogen-bond donors (Lipinski definition) is 1. The number of phosphoric ester groups is 4. The van der Waals surface area contributed by atoms with E-state index in [0.29, 0.717) is 0 Å². The maximum absolute atomic E-state index is 12.1. The van der Waals surface area contributed by atoms with Gasteiger partial charge in [-0.1, -0.05) is 41.3 Å². The van der Waals surface area contributed by atoms with E-state index in [1.807, 2.05) is 41.5 Å². The Morgan fingerprint density at radius 1 is 0.397 bits per heavy atom. The molecule has 3 N–H and O–H groups in total. The predicted molar refractivity (Wildman–Crippen MR) is 298 cm³/mol. The van der Waals surface area contributed by atoms with Gasteiger partial charge in [-0.15, -0.1) is 21.5 Å². The summed E-state index contributed by atoms with van der Waals surface area (Å²) in [7, 11) is -17.9. The molecular formula is C45H112Cl2KO20P5. The molecule has 0 saturated heterocycles. The van der Waals surface area contributed by atoms with Crippen molar-refractivity contribution in [3.8, 4) is 0 Å². The van der Waals surface area contributed by atoms with Crippen molar-refractivity contribution >= 4 is 63.6 Å². The van der Waals surface area contributed by atoms with E-state index in [0.717, 1.165) is 0 Å². The average Bonchev–Trinajstić information content (AvgIpc) is 2.75. The van der Waals surface area contributed by atoms with E-state index >= 15 is 0 Å². The zero-order valence-corrected chi connectivity index (χ0v) is 57.2. The summed E-state index contributed by atoms with van der Waals surface area (Å²) in [6.07, 6.45) is 0. The van der Waals surface area contributed by atoms with Crippen molar-refractivity contribution in [2.45, 2.75) is 293 Å². The molecule has 0 aliphatic rings.